The van der Waals surface area contributed by atoms with Gasteiger partial charge in [0.15, 0.2) is 6.39 Å². The lowest BCUT2D eigenvalue weighted by atomic mass is 9.84. The Kier molecular flexibility index (Phi) is 4.59. The van der Waals surface area contributed by atoms with Crippen LogP contribution in [0, 0.1) is 6.92 Å². The Hall–Kier alpha value is -2.83. The maximum absolute atomic E-state index is 13.2. The van der Waals surface area contributed by atoms with E-state index in [0.717, 1.165) is 25.2 Å². The molecule has 2 amide bonds. The van der Waals surface area contributed by atoms with Gasteiger partial charge in [-0.25, -0.2) is 4.98 Å². The number of carbonyl (C=O) groups is 2. The van der Waals surface area contributed by atoms with Crippen molar-refractivity contribution in [2.75, 3.05) is 31.5 Å². The largest absolute Gasteiger partial charge is 0.438 e. The topological polar surface area (TPSA) is 78.7 Å². The van der Waals surface area contributed by atoms with Gasteiger partial charge in [0.25, 0.3) is 5.91 Å². The summed E-state index contributed by atoms with van der Waals surface area (Å²) in [5.41, 5.74) is 0.850. The van der Waals surface area contributed by atoms with Crippen LogP contribution < -0.4 is 5.32 Å². The summed E-state index contributed by atoms with van der Waals surface area (Å²) >= 11 is 0. The van der Waals surface area contributed by atoms with Gasteiger partial charge in [-0.2, -0.15) is 0 Å². The average molecular weight is 368 g/mol. The molecule has 7 nitrogen and oxygen atoms in total. The third kappa shape index (κ3) is 3.29. The number of hydrogen-bond acceptors (Lipinski definition) is 5. The van der Waals surface area contributed by atoms with Crippen molar-refractivity contribution in [3.8, 4) is 0 Å². The lowest BCUT2D eigenvalue weighted by Gasteiger charge is -2.46. The number of oxazole rings is 1. The molecule has 0 saturated carbocycles. The van der Waals surface area contributed by atoms with Crippen LogP contribution in [0.15, 0.2) is 41.1 Å². The van der Waals surface area contributed by atoms with E-state index in [2.05, 4.69) is 10.3 Å². The van der Waals surface area contributed by atoms with E-state index in [9.17, 15) is 9.59 Å². The van der Waals surface area contributed by atoms with Crippen LogP contribution in [0.4, 0.5) is 5.69 Å². The number of likely N-dealkylation sites (tertiary alicyclic amines) is 2. The van der Waals surface area contributed by atoms with Gasteiger partial charge in [0.05, 0.1) is 5.69 Å². The van der Waals surface area contributed by atoms with E-state index >= 15 is 0 Å². The molecule has 1 aromatic carbocycles. The van der Waals surface area contributed by atoms with Crippen LogP contribution in [-0.2, 0) is 4.79 Å². The highest BCUT2D eigenvalue weighted by Crippen LogP contribution is 2.31. The average Bonchev–Trinajstić information content (AvgIpc) is 3.07. The molecule has 4 rings (SSSR count). The van der Waals surface area contributed by atoms with Gasteiger partial charge in [0.2, 0.25) is 11.7 Å². The molecule has 2 aromatic rings. The van der Waals surface area contributed by atoms with Crippen molar-refractivity contribution >= 4 is 17.5 Å². The van der Waals surface area contributed by atoms with E-state index in [1.807, 2.05) is 35.2 Å². The van der Waals surface area contributed by atoms with E-state index < -0.39 is 5.54 Å². The van der Waals surface area contributed by atoms with Gasteiger partial charge >= 0.3 is 0 Å². The van der Waals surface area contributed by atoms with Gasteiger partial charge in [-0.05, 0) is 38.3 Å². The smallest absolute Gasteiger partial charge is 0.291 e. The van der Waals surface area contributed by atoms with Crippen molar-refractivity contribution in [1.82, 2.24) is 14.8 Å². The molecule has 3 heterocycles. The maximum atomic E-state index is 13.2. The zero-order valence-corrected chi connectivity index (χ0v) is 15.5. The number of anilines is 1. The van der Waals surface area contributed by atoms with Crippen molar-refractivity contribution in [2.24, 2.45) is 0 Å². The van der Waals surface area contributed by atoms with Crippen molar-refractivity contribution in [1.29, 1.82) is 0 Å². The SMILES string of the molecule is Cc1ncoc1C(=O)N1CCC(Nc2ccccc2)(C(=O)N2CCC2)CC1. The van der Waals surface area contributed by atoms with Crippen LogP contribution in [0.3, 0.4) is 0 Å². The first-order valence-electron chi connectivity index (χ1n) is 9.41. The third-order valence-corrected chi connectivity index (χ3v) is 5.55. The summed E-state index contributed by atoms with van der Waals surface area (Å²) < 4.78 is 5.25. The van der Waals surface area contributed by atoms with Crippen molar-refractivity contribution in [2.45, 2.75) is 31.7 Å². The molecule has 1 aromatic heterocycles. The van der Waals surface area contributed by atoms with Crippen molar-refractivity contribution in [3.63, 3.8) is 0 Å². The number of rotatable bonds is 4. The fourth-order valence-electron chi connectivity index (χ4n) is 3.75. The Morgan fingerprint density at radius 2 is 1.78 bits per heavy atom. The molecule has 0 atom stereocenters. The molecule has 7 heteroatoms. The molecule has 142 valence electrons. The lowest BCUT2D eigenvalue weighted by Crippen LogP contribution is -2.62. The Balaban J connectivity index is 1.52. The van der Waals surface area contributed by atoms with E-state index in [1.54, 1.807) is 11.8 Å². The number of aryl methyl sites for hydroxylation is 1. The third-order valence-electron chi connectivity index (χ3n) is 5.55. The van der Waals surface area contributed by atoms with Crippen LogP contribution in [-0.4, -0.2) is 58.3 Å². The van der Waals surface area contributed by atoms with Crippen LogP contribution >= 0.6 is 0 Å². The Morgan fingerprint density at radius 1 is 1.07 bits per heavy atom. The minimum absolute atomic E-state index is 0.139. The lowest BCUT2D eigenvalue weighted by molar-refractivity contribution is -0.141. The van der Waals surface area contributed by atoms with Crippen LogP contribution in [0.1, 0.15) is 35.5 Å². The molecule has 2 aliphatic heterocycles. The number of benzene rings is 1. The molecule has 0 radical (unpaired) electrons. The zero-order valence-electron chi connectivity index (χ0n) is 15.5. The summed E-state index contributed by atoms with van der Waals surface area (Å²) in [6, 6.07) is 9.81. The second kappa shape index (κ2) is 7.06. The second-order valence-corrected chi connectivity index (χ2v) is 7.28. The Bertz CT molecular complexity index is 821. The molecular formula is C20H24N4O3. The number of carbonyl (C=O) groups excluding carboxylic acids is 2. The van der Waals surface area contributed by atoms with Crippen LogP contribution in [0.25, 0.3) is 0 Å². The molecule has 0 unspecified atom stereocenters. The van der Waals surface area contributed by atoms with Gasteiger partial charge in [-0.15, -0.1) is 0 Å². The molecule has 2 saturated heterocycles. The first-order chi connectivity index (χ1) is 13.1. The van der Waals surface area contributed by atoms with Crippen molar-refractivity contribution < 1.29 is 14.0 Å². The van der Waals surface area contributed by atoms with Gasteiger partial charge in [-0.1, -0.05) is 18.2 Å². The zero-order chi connectivity index (χ0) is 18.9. The summed E-state index contributed by atoms with van der Waals surface area (Å²) in [5.74, 6) is 0.267. The van der Waals surface area contributed by atoms with Crippen molar-refractivity contribution in [3.05, 3.63) is 48.2 Å². The summed E-state index contributed by atoms with van der Waals surface area (Å²) in [4.78, 5) is 33.6. The molecule has 0 aliphatic carbocycles. The highest BCUT2D eigenvalue weighted by Gasteiger charge is 2.46. The quantitative estimate of drug-likeness (QED) is 0.896. The number of para-hydroxylation sites is 1. The summed E-state index contributed by atoms with van der Waals surface area (Å²) in [7, 11) is 0. The molecule has 27 heavy (non-hydrogen) atoms. The highest BCUT2D eigenvalue weighted by atomic mass is 16.3. The first-order valence-corrected chi connectivity index (χ1v) is 9.41. The summed E-state index contributed by atoms with van der Waals surface area (Å²) in [5, 5.41) is 3.48. The molecular weight excluding hydrogens is 344 g/mol. The number of amides is 2. The normalized spacial score (nSPS) is 18.7. The minimum atomic E-state index is -0.672. The van der Waals surface area contributed by atoms with Gasteiger partial charge < -0.3 is 19.5 Å². The summed E-state index contributed by atoms with van der Waals surface area (Å²) in [6.45, 7) is 4.39. The molecule has 2 fully saturated rings. The second-order valence-electron chi connectivity index (χ2n) is 7.28. The summed E-state index contributed by atoms with van der Waals surface area (Å²) in [6.07, 6.45) is 3.48. The molecule has 0 spiro atoms. The van der Waals surface area contributed by atoms with E-state index in [0.29, 0.717) is 31.6 Å². The Morgan fingerprint density at radius 3 is 2.33 bits per heavy atom. The number of aromatic nitrogens is 1. The van der Waals surface area contributed by atoms with E-state index in [4.69, 9.17) is 4.42 Å². The fraction of sp³-hybridized carbons (Fsp3) is 0.450. The van der Waals surface area contributed by atoms with Crippen LogP contribution in [0.2, 0.25) is 0 Å². The van der Waals surface area contributed by atoms with Gasteiger partial charge in [0, 0.05) is 31.9 Å². The maximum Gasteiger partial charge on any atom is 0.291 e. The molecule has 0 bridgehead atoms. The number of nitrogens with zero attached hydrogens (tertiary/aromatic N) is 3. The van der Waals surface area contributed by atoms with Crippen LogP contribution in [0.5, 0.6) is 0 Å². The predicted octanol–water partition coefficient (Wildman–Crippen LogP) is 2.30. The fourth-order valence-corrected chi connectivity index (χ4v) is 3.75. The first kappa shape index (κ1) is 17.6. The molecule has 2 aliphatic rings. The standard InChI is InChI=1S/C20H24N4O3/c1-15-17(27-14-21-15)18(25)23-12-8-20(9-13-23,19(26)24-10-5-11-24)22-16-6-3-2-4-7-16/h2-4,6-7,14,22H,5,8-13H2,1H3. The monoisotopic (exact) mass is 368 g/mol. The molecule has 1 N–H and O–H groups in total. The van der Waals surface area contributed by atoms with Gasteiger partial charge in [0.1, 0.15) is 5.54 Å². The number of hydrogen-bond donors (Lipinski definition) is 1. The van der Waals surface area contributed by atoms with Gasteiger partial charge in [-0.3, -0.25) is 9.59 Å². The number of nitrogens with one attached hydrogen (secondary N) is 1. The number of piperidine rings is 1. The van der Waals surface area contributed by atoms with E-state index in [1.165, 1.54) is 6.39 Å². The highest BCUT2D eigenvalue weighted by molar-refractivity contribution is 5.94. The predicted molar refractivity (Wildman–Crippen MR) is 100 cm³/mol. The Labute approximate surface area is 158 Å². The van der Waals surface area contributed by atoms with E-state index in [-0.39, 0.29) is 17.6 Å². The minimum Gasteiger partial charge on any atom is -0.438 e.